The molecule has 0 aliphatic rings. The Morgan fingerprint density at radius 2 is 2.10 bits per heavy atom. The van der Waals surface area contributed by atoms with E-state index in [4.69, 9.17) is 11.6 Å². The Labute approximate surface area is 82.9 Å². The molecule has 0 saturated heterocycles. The van der Waals surface area contributed by atoms with Crippen molar-refractivity contribution < 1.29 is 0 Å². The van der Waals surface area contributed by atoms with Crippen molar-refractivity contribution in [2.24, 2.45) is 0 Å². The molecular weight excluding hydrogens is 258 g/mol. The third-order valence-electron chi connectivity index (χ3n) is 1.43. The fourth-order valence-electron chi connectivity index (χ4n) is 0.765. The van der Waals surface area contributed by atoms with Crippen molar-refractivity contribution in [3.05, 3.63) is 6.92 Å². The molecule has 0 aliphatic heterocycles. The van der Waals surface area contributed by atoms with Crippen LogP contribution in [-0.2, 0) is 0 Å². The predicted octanol–water partition coefficient (Wildman–Crippen LogP) is 3.81. The van der Waals surface area contributed by atoms with Crippen LogP contribution < -0.4 is 0 Å². The molecule has 0 aromatic heterocycles. The highest BCUT2D eigenvalue weighted by Crippen LogP contribution is 2.14. The van der Waals surface area contributed by atoms with Gasteiger partial charge in [-0.3, -0.25) is 0 Å². The van der Waals surface area contributed by atoms with Crippen LogP contribution in [0, 0.1) is 6.92 Å². The largest absolute Gasteiger partial charge is 0.123 e. The van der Waals surface area contributed by atoms with Crippen molar-refractivity contribution in [3.8, 4) is 0 Å². The molecule has 1 radical (unpaired) electrons. The molecule has 0 amide bonds. The molecule has 0 N–H and O–H groups in total. The van der Waals surface area contributed by atoms with Crippen LogP contribution in [0.4, 0.5) is 0 Å². The normalized spacial score (nSPS) is 16.8. The summed E-state index contributed by atoms with van der Waals surface area (Å²) in [6.45, 7) is 5.98. The van der Waals surface area contributed by atoms with E-state index in [0.717, 1.165) is 16.8 Å². The summed E-state index contributed by atoms with van der Waals surface area (Å²) >= 11 is 8.33. The molecular formula is C8H15ClI. The van der Waals surface area contributed by atoms with Gasteiger partial charge < -0.3 is 0 Å². The Kier molecular flexibility index (Phi) is 7.40. The molecule has 2 unspecified atom stereocenters. The van der Waals surface area contributed by atoms with Gasteiger partial charge in [0.25, 0.3) is 0 Å². The Morgan fingerprint density at radius 3 is 2.50 bits per heavy atom. The van der Waals surface area contributed by atoms with Crippen LogP contribution >= 0.6 is 34.2 Å². The van der Waals surface area contributed by atoms with E-state index < -0.39 is 0 Å². The van der Waals surface area contributed by atoms with Crippen molar-refractivity contribution in [3.63, 3.8) is 0 Å². The lowest BCUT2D eigenvalue weighted by atomic mass is 10.1. The fourth-order valence-corrected chi connectivity index (χ4v) is 1.36. The van der Waals surface area contributed by atoms with Crippen molar-refractivity contribution in [1.29, 1.82) is 0 Å². The first-order valence-electron chi connectivity index (χ1n) is 3.74. The lowest BCUT2D eigenvalue weighted by Crippen LogP contribution is -1.98. The fraction of sp³-hybridized carbons (Fsp3) is 0.875. The number of alkyl halides is 2. The lowest BCUT2D eigenvalue weighted by molar-refractivity contribution is 0.657. The second-order valence-electron chi connectivity index (χ2n) is 2.60. The van der Waals surface area contributed by atoms with Gasteiger partial charge in [-0.15, -0.1) is 11.6 Å². The monoisotopic (exact) mass is 273 g/mol. The van der Waals surface area contributed by atoms with Gasteiger partial charge in [0.2, 0.25) is 0 Å². The summed E-state index contributed by atoms with van der Waals surface area (Å²) in [6.07, 6.45) is 4.51. The van der Waals surface area contributed by atoms with Crippen molar-refractivity contribution in [1.82, 2.24) is 0 Å². The topological polar surface area (TPSA) is 0 Å². The number of hydrogen-bond donors (Lipinski definition) is 0. The van der Waals surface area contributed by atoms with Gasteiger partial charge in [0.05, 0.1) is 0 Å². The van der Waals surface area contributed by atoms with Crippen LogP contribution in [0.15, 0.2) is 0 Å². The average Bonchev–Trinajstić information content (AvgIpc) is 1.87. The maximum absolute atomic E-state index is 5.88. The van der Waals surface area contributed by atoms with Crippen molar-refractivity contribution >= 4 is 34.2 Å². The first-order valence-corrected chi connectivity index (χ1v) is 5.42. The SMILES string of the molecule is [CH2]CC(Cl)CCCC(C)I. The highest BCUT2D eigenvalue weighted by molar-refractivity contribution is 14.1. The molecule has 2 atom stereocenters. The van der Waals surface area contributed by atoms with E-state index in [-0.39, 0.29) is 0 Å². The van der Waals surface area contributed by atoms with E-state index in [1.165, 1.54) is 12.8 Å². The molecule has 0 spiro atoms. The molecule has 2 heteroatoms. The highest BCUT2D eigenvalue weighted by Gasteiger charge is 2.01. The summed E-state index contributed by atoms with van der Waals surface area (Å²) in [5.41, 5.74) is 0. The highest BCUT2D eigenvalue weighted by atomic mass is 127. The first kappa shape index (κ1) is 11.0. The van der Waals surface area contributed by atoms with Crippen LogP contribution in [0.5, 0.6) is 0 Å². The molecule has 0 aromatic rings. The predicted molar refractivity (Wildman–Crippen MR) is 56.9 cm³/mol. The number of halogens is 2. The molecule has 0 aromatic carbocycles. The molecule has 10 heavy (non-hydrogen) atoms. The third-order valence-corrected chi connectivity index (χ3v) is 2.49. The zero-order valence-corrected chi connectivity index (χ0v) is 9.36. The molecule has 0 rings (SSSR count). The second-order valence-corrected chi connectivity index (χ2v) is 5.34. The Hall–Kier alpha value is 1.02. The summed E-state index contributed by atoms with van der Waals surface area (Å²) in [4.78, 5) is 0. The van der Waals surface area contributed by atoms with E-state index in [2.05, 4.69) is 36.4 Å². The van der Waals surface area contributed by atoms with E-state index >= 15 is 0 Å². The van der Waals surface area contributed by atoms with Crippen molar-refractivity contribution in [2.75, 3.05) is 0 Å². The van der Waals surface area contributed by atoms with Crippen LogP contribution in [0.25, 0.3) is 0 Å². The van der Waals surface area contributed by atoms with Crippen LogP contribution in [0.3, 0.4) is 0 Å². The van der Waals surface area contributed by atoms with E-state index in [0.29, 0.717) is 5.38 Å². The Morgan fingerprint density at radius 1 is 1.50 bits per heavy atom. The minimum atomic E-state index is 0.301. The minimum absolute atomic E-state index is 0.301. The van der Waals surface area contributed by atoms with Gasteiger partial charge in [0.15, 0.2) is 0 Å². The van der Waals surface area contributed by atoms with Gasteiger partial charge in [0.1, 0.15) is 0 Å². The lowest BCUT2D eigenvalue weighted by Gasteiger charge is -2.06. The van der Waals surface area contributed by atoms with Crippen LogP contribution in [0.2, 0.25) is 0 Å². The van der Waals surface area contributed by atoms with Crippen molar-refractivity contribution in [2.45, 2.75) is 41.9 Å². The third kappa shape index (κ3) is 7.13. The minimum Gasteiger partial charge on any atom is -0.123 e. The van der Waals surface area contributed by atoms with Gasteiger partial charge in [-0.2, -0.15) is 0 Å². The smallest absolute Gasteiger partial charge is 0.0336 e. The zero-order chi connectivity index (χ0) is 7.98. The average molecular weight is 274 g/mol. The summed E-state index contributed by atoms with van der Waals surface area (Å²) in [5.74, 6) is 0. The first-order chi connectivity index (χ1) is 4.66. The summed E-state index contributed by atoms with van der Waals surface area (Å²) in [5, 5.41) is 0.301. The van der Waals surface area contributed by atoms with E-state index in [1.807, 2.05) is 0 Å². The zero-order valence-electron chi connectivity index (χ0n) is 6.45. The second kappa shape index (κ2) is 6.71. The number of rotatable bonds is 5. The summed E-state index contributed by atoms with van der Waals surface area (Å²) in [6, 6.07) is 0. The molecule has 61 valence electrons. The molecule has 0 bridgehead atoms. The van der Waals surface area contributed by atoms with Gasteiger partial charge >= 0.3 is 0 Å². The van der Waals surface area contributed by atoms with Gasteiger partial charge in [-0.1, -0.05) is 42.9 Å². The molecule has 0 heterocycles. The molecule has 0 fully saturated rings. The van der Waals surface area contributed by atoms with Crippen LogP contribution in [-0.4, -0.2) is 9.30 Å². The molecule has 0 aliphatic carbocycles. The summed E-state index contributed by atoms with van der Waals surface area (Å²) in [7, 11) is 0. The van der Waals surface area contributed by atoms with Gasteiger partial charge in [-0.05, 0) is 19.3 Å². The standard InChI is InChI=1S/C8H15ClI/c1-3-8(9)6-4-5-7(2)10/h7-8H,1,3-6H2,2H3. The molecule has 0 saturated carbocycles. The maximum Gasteiger partial charge on any atom is 0.0336 e. The van der Waals surface area contributed by atoms with Gasteiger partial charge in [-0.25, -0.2) is 0 Å². The maximum atomic E-state index is 5.88. The number of hydrogen-bond acceptors (Lipinski definition) is 0. The molecule has 0 nitrogen and oxygen atoms in total. The quantitative estimate of drug-likeness (QED) is 0.528. The Balaban J connectivity index is 3.03. The summed E-state index contributed by atoms with van der Waals surface area (Å²) < 4.78 is 0.784. The van der Waals surface area contributed by atoms with Gasteiger partial charge in [0, 0.05) is 9.30 Å². The van der Waals surface area contributed by atoms with E-state index in [9.17, 15) is 0 Å². The Bertz CT molecular complexity index is 73.7. The van der Waals surface area contributed by atoms with E-state index in [1.54, 1.807) is 0 Å². The van der Waals surface area contributed by atoms with Crippen LogP contribution in [0.1, 0.15) is 32.6 Å².